The van der Waals surface area contributed by atoms with Crippen molar-refractivity contribution in [2.24, 2.45) is 0 Å². The Labute approximate surface area is 78.7 Å². The first-order valence-electron chi connectivity index (χ1n) is 3.86. The molecule has 1 rings (SSSR count). The number of rotatable bonds is 0. The van der Waals surface area contributed by atoms with Crippen LogP contribution in [0.4, 0.5) is 0 Å². The average Bonchev–Trinajstić information content (AvgIpc) is 1.94. The van der Waals surface area contributed by atoms with Gasteiger partial charge in [0.05, 0.1) is 0 Å². The predicted molar refractivity (Wildman–Crippen MR) is 55.2 cm³/mol. The number of hydrogen-bond acceptors (Lipinski definition) is 2. The molecule has 0 amide bonds. The molecule has 11 heavy (non-hydrogen) atoms. The number of thiocarbonyl (C=S) groups is 1. The smallest absolute Gasteiger partial charge is 0.133 e. The lowest BCUT2D eigenvalue weighted by atomic mass is 10.1. The molecule has 1 saturated heterocycles. The van der Waals surface area contributed by atoms with Gasteiger partial charge in [-0.25, -0.2) is 0 Å². The molecule has 0 spiro atoms. The molecular formula is C7H14N2S2. The highest BCUT2D eigenvalue weighted by molar-refractivity contribution is 8.10. The molecule has 2 atom stereocenters. The molecule has 64 valence electrons. The Hall–Kier alpha value is 0.200. The van der Waals surface area contributed by atoms with Crippen LogP contribution in [0.2, 0.25) is 0 Å². The number of hydrogen-bond donors (Lipinski definition) is 2. The number of thiol groups is 1. The summed E-state index contributed by atoms with van der Waals surface area (Å²) in [5.41, 5.74) is 0. The summed E-state index contributed by atoms with van der Waals surface area (Å²) >= 11 is 9.18. The third kappa shape index (κ3) is 2.07. The summed E-state index contributed by atoms with van der Waals surface area (Å²) < 4.78 is 0.714. The van der Waals surface area contributed by atoms with Gasteiger partial charge in [0.2, 0.25) is 0 Å². The van der Waals surface area contributed by atoms with Crippen LogP contribution in [0.3, 0.4) is 0 Å². The maximum Gasteiger partial charge on any atom is 0.133 e. The summed E-state index contributed by atoms with van der Waals surface area (Å²) in [5, 5.41) is 3.38. The number of nitrogens with zero attached hydrogens (tertiary/aromatic N) is 1. The zero-order valence-corrected chi connectivity index (χ0v) is 8.58. The highest BCUT2D eigenvalue weighted by Crippen LogP contribution is 2.10. The minimum Gasteiger partial charge on any atom is -0.352 e. The van der Waals surface area contributed by atoms with Crippen molar-refractivity contribution >= 4 is 29.2 Å². The van der Waals surface area contributed by atoms with Gasteiger partial charge in [-0.05, 0) is 13.8 Å². The second kappa shape index (κ2) is 3.74. The van der Waals surface area contributed by atoms with E-state index in [0.29, 0.717) is 16.4 Å². The van der Waals surface area contributed by atoms with E-state index in [1.807, 2.05) is 0 Å². The molecular weight excluding hydrogens is 176 g/mol. The van der Waals surface area contributed by atoms with Crippen LogP contribution in [-0.2, 0) is 0 Å². The van der Waals surface area contributed by atoms with Crippen LogP contribution < -0.4 is 5.32 Å². The Morgan fingerprint density at radius 3 is 2.73 bits per heavy atom. The topological polar surface area (TPSA) is 15.3 Å². The SMILES string of the molecule is C[C@@H]1NCCN(C(=S)S)[C@H]1C. The van der Waals surface area contributed by atoms with Crippen molar-refractivity contribution in [2.75, 3.05) is 13.1 Å². The quantitative estimate of drug-likeness (QED) is 0.436. The van der Waals surface area contributed by atoms with Crippen molar-refractivity contribution in [3.63, 3.8) is 0 Å². The van der Waals surface area contributed by atoms with E-state index in [0.717, 1.165) is 13.1 Å². The molecule has 1 aliphatic rings. The fraction of sp³-hybridized carbons (Fsp3) is 0.857. The molecule has 2 nitrogen and oxygen atoms in total. The van der Waals surface area contributed by atoms with Crippen LogP contribution in [0.1, 0.15) is 13.8 Å². The van der Waals surface area contributed by atoms with Crippen LogP contribution in [-0.4, -0.2) is 34.4 Å². The molecule has 0 aromatic rings. The summed E-state index contributed by atoms with van der Waals surface area (Å²) in [6, 6.07) is 0.975. The van der Waals surface area contributed by atoms with Crippen LogP contribution in [0.5, 0.6) is 0 Å². The van der Waals surface area contributed by atoms with E-state index >= 15 is 0 Å². The maximum absolute atomic E-state index is 5.01. The van der Waals surface area contributed by atoms with Gasteiger partial charge >= 0.3 is 0 Å². The van der Waals surface area contributed by atoms with Gasteiger partial charge in [-0.1, -0.05) is 12.2 Å². The Kier molecular flexibility index (Phi) is 3.16. The van der Waals surface area contributed by atoms with Gasteiger partial charge in [-0.2, -0.15) is 0 Å². The van der Waals surface area contributed by atoms with Crippen molar-refractivity contribution in [3.05, 3.63) is 0 Å². The normalized spacial score (nSPS) is 32.1. The zero-order chi connectivity index (χ0) is 8.43. The lowest BCUT2D eigenvalue weighted by molar-refractivity contribution is 0.229. The van der Waals surface area contributed by atoms with Crippen LogP contribution in [0, 0.1) is 0 Å². The molecule has 0 unspecified atom stereocenters. The predicted octanol–water partition coefficient (Wildman–Crippen LogP) is 0.883. The van der Waals surface area contributed by atoms with Crippen LogP contribution >= 0.6 is 24.8 Å². The van der Waals surface area contributed by atoms with Crippen molar-refractivity contribution in [1.29, 1.82) is 0 Å². The van der Waals surface area contributed by atoms with E-state index in [1.54, 1.807) is 0 Å². The molecule has 0 aliphatic carbocycles. The van der Waals surface area contributed by atoms with E-state index in [1.165, 1.54) is 0 Å². The largest absolute Gasteiger partial charge is 0.352 e. The van der Waals surface area contributed by atoms with Gasteiger partial charge in [0, 0.05) is 25.2 Å². The summed E-state index contributed by atoms with van der Waals surface area (Å²) in [6.07, 6.45) is 0. The third-order valence-electron chi connectivity index (χ3n) is 2.28. The molecule has 1 heterocycles. The monoisotopic (exact) mass is 190 g/mol. The van der Waals surface area contributed by atoms with Crippen molar-refractivity contribution in [2.45, 2.75) is 25.9 Å². The fourth-order valence-electron chi connectivity index (χ4n) is 1.33. The second-order valence-electron chi connectivity index (χ2n) is 2.96. The third-order valence-corrected chi connectivity index (χ3v) is 2.77. The lowest BCUT2D eigenvalue weighted by Gasteiger charge is -2.39. The molecule has 0 bridgehead atoms. The standard InChI is InChI=1S/C7H14N2S2/c1-5-6(2)9(7(10)11)4-3-8-5/h5-6,8H,3-4H2,1-2H3,(H,10,11)/t5-,6-/m0/s1. The molecule has 0 saturated carbocycles. The Balaban J connectivity index is 2.58. The molecule has 0 aromatic heterocycles. The van der Waals surface area contributed by atoms with Crippen LogP contribution in [0.25, 0.3) is 0 Å². The summed E-state index contributed by atoms with van der Waals surface area (Å²) in [5.74, 6) is 0. The van der Waals surface area contributed by atoms with Gasteiger partial charge in [0.15, 0.2) is 0 Å². The number of piperazine rings is 1. The van der Waals surface area contributed by atoms with E-state index < -0.39 is 0 Å². The zero-order valence-electron chi connectivity index (χ0n) is 6.87. The summed E-state index contributed by atoms with van der Waals surface area (Å²) in [7, 11) is 0. The molecule has 0 aromatic carbocycles. The number of nitrogens with one attached hydrogen (secondary N) is 1. The Morgan fingerprint density at radius 2 is 2.27 bits per heavy atom. The first kappa shape index (κ1) is 9.29. The first-order valence-corrected chi connectivity index (χ1v) is 4.71. The lowest BCUT2D eigenvalue weighted by Crippen LogP contribution is -2.55. The molecule has 1 fully saturated rings. The maximum atomic E-state index is 5.01. The molecule has 1 aliphatic heterocycles. The molecule has 4 heteroatoms. The van der Waals surface area contributed by atoms with Crippen molar-refractivity contribution < 1.29 is 0 Å². The van der Waals surface area contributed by atoms with Crippen molar-refractivity contribution in [3.8, 4) is 0 Å². The van der Waals surface area contributed by atoms with Gasteiger partial charge < -0.3 is 10.2 Å². The van der Waals surface area contributed by atoms with E-state index in [2.05, 4.69) is 36.7 Å². The molecule has 1 N–H and O–H groups in total. The average molecular weight is 190 g/mol. The van der Waals surface area contributed by atoms with E-state index in [9.17, 15) is 0 Å². The van der Waals surface area contributed by atoms with Gasteiger partial charge in [-0.3, -0.25) is 0 Å². The Morgan fingerprint density at radius 1 is 1.64 bits per heavy atom. The summed E-state index contributed by atoms with van der Waals surface area (Å²) in [6.45, 7) is 6.32. The Bertz CT molecular complexity index is 161. The minimum atomic E-state index is 0.466. The highest BCUT2D eigenvalue weighted by atomic mass is 32.1. The van der Waals surface area contributed by atoms with Crippen LogP contribution in [0.15, 0.2) is 0 Å². The van der Waals surface area contributed by atoms with Gasteiger partial charge in [0.1, 0.15) is 4.32 Å². The molecule has 0 radical (unpaired) electrons. The second-order valence-corrected chi connectivity index (χ2v) is 4.07. The van der Waals surface area contributed by atoms with E-state index in [-0.39, 0.29) is 0 Å². The summed E-state index contributed by atoms with van der Waals surface area (Å²) in [4.78, 5) is 2.15. The van der Waals surface area contributed by atoms with Crippen molar-refractivity contribution in [1.82, 2.24) is 10.2 Å². The minimum absolute atomic E-state index is 0.466. The van der Waals surface area contributed by atoms with Gasteiger partial charge in [-0.15, -0.1) is 12.6 Å². The van der Waals surface area contributed by atoms with Gasteiger partial charge in [0.25, 0.3) is 0 Å². The van der Waals surface area contributed by atoms with E-state index in [4.69, 9.17) is 12.2 Å². The first-order chi connectivity index (χ1) is 5.13. The fourth-order valence-corrected chi connectivity index (χ4v) is 1.87. The highest BCUT2D eigenvalue weighted by Gasteiger charge is 2.24.